The van der Waals surface area contributed by atoms with Gasteiger partial charge >= 0.3 is 15.5 Å². The molecular formula is C19H17ClF5NO4S2. The van der Waals surface area contributed by atoms with Gasteiger partial charge in [0.2, 0.25) is 0 Å². The molecule has 5 nitrogen and oxygen atoms in total. The van der Waals surface area contributed by atoms with E-state index in [0.717, 1.165) is 18.2 Å². The van der Waals surface area contributed by atoms with Crippen LogP contribution in [0, 0.1) is 11.6 Å². The largest absolute Gasteiger partial charge is 0.511 e. The molecule has 2 aromatic carbocycles. The number of hydrogen-bond acceptors (Lipinski definition) is 4. The lowest BCUT2D eigenvalue weighted by Gasteiger charge is -2.40. The second-order valence-corrected chi connectivity index (χ2v) is 11.8. The lowest BCUT2D eigenvalue weighted by Crippen LogP contribution is -2.48. The third-order valence-electron chi connectivity index (χ3n) is 5.48. The molecule has 176 valence electrons. The van der Waals surface area contributed by atoms with Crippen LogP contribution < -0.4 is 4.72 Å². The Kier molecular flexibility index (Phi) is 6.64. The summed E-state index contributed by atoms with van der Waals surface area (Å²) in [6, 6.07) is 6.06. The van der Waals surface area contributed by atoms with Gasteiger partial charge in [-0.3, -0.25) is 0 Å². The predicted octanol–water partition coefficient (Wildman–Crippen LogP) is 4.67. The number of nitrogens with one attached hydrogen (secondary N) is 1. The molecule has 0 spiro atoms. The molecule has 3 rings (SSSR count). The third-order valence-corrected chi connectivity index (χ3v) is 9.53. The second-order valence-electron chi connectivity index (χ2n) is 7.42. The van der Waals surface area contributed by atoms with E-state index in [2.05, 4.69) is 0 Å². The smallest absolute Gasteiger partial charge is 0.223 e. The quantitative estimate of drug-likeness (QED) is 0.585. The molecule has 2 aromatic rings. The van der Waals surface area contributed by atoms with E-state index in [-0.39, 0.29) is 22.8 Å². The highest BCUT2D eigenvalue weighted by molar-refractivity contribution is 7.92. The van der Waals surface area contributed by atoms with E-state index in [9.17, 15) is 38.8 Å². The zero-order chi connectivity index (χ0) is 23.9. The van der Waals surface area contributed by atoms with E-state index >= 15 is 0 Å². The first-order valence-electron chi connectivity index (χ1n) is 9.24. The van der Waals surface area contributed by atoms with Crippen LogP contribution >= 0.6 is 11.6 Å². The van der Waals surface area contributed by atoms with Crippen LogP contribution in [0.15, 0.2) is 47.4 Å². The fourth-order valence-corrected chi connectivity index (χ4v) is 6.96. The molecule has 1 fully saturated rings. The van der Waals surface area contributed by atoms with Crippen LogP contribution in [0.3, 0.4) is 0 Å². The topological polar surface area (TPSA) is 80.3 Å². The Labute approximate surface area is 186 Å². The summed E-state index contributed by atoms with van der Waals surface area (Å²) < 4.78 is 116. The minimum absolute atomic E-state index is 0.236. The van der Waals surface area contributed by atoms with Gasteiger partial charge in [0.15, 0.2) is 9.84 Å². The number of rotatable bonds is 5. The molecule has 0 saturated heterocycles. The Morgan fingerprint density at radius 3 is 2.03 bits per heavy atom. The molecule has 1 saturated carbocycles. The number of alkyl halides is 3. The van der Waals surface area contributed by atoms with E-state index < -0.39 is 66.2 Å². The summed E-state index contributed by atoms with van der Waals surface area (Å²) in [5.74, 6) is -1.90. The Balaban J connectivity index is 2.05. The first-order chi connectivity index (χ1) is 14.7. The Hall–Kier alpha value is -1.76. The number of benzene rings is 2. The number of sulfonamides is 1. The van der Waals surface area contributed by atoms with Crippen LogP contribution in [0.25, 0.3) is 0 Å². The van der Waals surface area contributed by atoms with Crippen LogP contribution in [-0.4, -0.2) is 28.4 Å². The van der Waals surface area contributed by atoms with E-state index in [4.69, 9.17) is 11.6 Å². The highest BCUT2D eigenvalue weighted by Crippen LogP contribution is 2.48. The molecular weight excluding hydrogens is 501 g/mol. The van der Waals surface area contributed by atoms with Crippen molar-refractivity contribution in [1.29, 1.82) is 0 Å². The summed E-state index contributed by atoms with van der Waals surface area (Å²) in [7, 11) is -10.0. The molecule has 1 N–H and O–H groups in total. The Bertz CT molecular complexity index is 1210. The highest BCUT2D eigenvalue weighted by atomic mass is 35.5. The molecule has 1 aliphatic carbocycles. The highest BCUT2D eigenvalue weighted by Gasteiger charge is 2.52. The SMILES string of the molecule is O=S(=O)(N[C@H]1CC[C@](c2cc(F)ccc2F)(S(=O)(=O)c2ccc(Cl)cc2)CC1)C(F)(F)F. The summed E-state index contributed by atoms with van der Waals surface area (Å²) in [6.07, 6.45) is -1.58. The fourth-order valence-electron chi connectivity index (χ4n) is 3.86. The summed E-state index contributed by atoms with van der Waals surface area (Å²) in [4.78, 5) is -0.236. The van der Waals surface area contributed by atoms with Crippen LogP contribution in [0.4, 0.5) is 22.0 Å². The van der Waals surface area contributed by atoms with Gasteiger partial charge in [-0.15, -0.1) is 0 Å². The molecule has 0 bridgehead atoms. The molecule has 0 unspecified atom stereocenters. The minimum Gasteiger partial charge on any atom is -0.223 e. The third kappa shape index (κ3) is 4.50. The van der Waals surface area contributed by atoms with E-state index in [1.54, 1.807) is 0 Å². The zero-order valence-corrected chi connectivity index (χ0v) is 18.6. The molecule has 0 aliphatic heterocycles. The first kappa shape index (κ1) is 24.9. The molecule has 13 heteroatoms. The van der Waals surface area contributed by atoms with Crippen molar-refractivity contribution in [2.75, 3.05) is 0 Å². The zero-order valence-electron chi connectivity index (χ0n) is 16.2. The van der Waals surface area contributed by atoms with Gasteiger partial charge in [0.25, 0.3) is 0 Å². The molecule has 0 atom stereocenters. The molecule has 0 amide bonds. The molecule has 1 aliphatic rings. The summed E-state index contributed by atoms with van der Waals surface area (Å²) >= 11 is 5.80. The van der Waals surface area contributed by atoms with Crippen molar-refractivity contribution in [3.8, 4) is 0 Å². The maximum absolute atomic E-state index is 14.7. The van der Waals surface area contributed by atoms with Gasteiger partial charge in [0.05, 0.1) is 4.90 Å². The van der Waals surface area contributed by atoms with Gasteiger partial charge in [-0.25, -0.2) is 30.3 Å². The minimum atomic E-state index is -5.65. The van der Waals surface area contributed by atoms with Gasteiger partial charge in [-0.2, -0.15) is 13.2 Å². The maximum Gasteiger partial charge on any atom is 0.511 e. The van der Waals surface area contributed by atoms with Crippen molar-refractivity contribution in [1.82, 2.24) is 4.72 Å². The van der Waals surface area contributed by atoms with Crippen LogP contribution in [-0.2, 0) is 24.6 Å². The van der Waals surface area contributed by atoms with E-state index in [1.807, 2.05) is 0 Å². The number of hydrogen-bond donors (Lipinski definition) is 1. The Morgan fingerprint density at radius 1 is 0.938 bits per heavy atom. The number of sulfone groups is 1. The normalized spacial score (nSPS) is 22.6. The van der Waals surface area contributed by atoms with Crippen LogP contribution in [0.1, 0.15) is 31.2 Å². The predicted molar refractivity (Wildman–Crippen MR) is 107 cm³/mol. The van der Waals surface area contributed by atoms with Crippen molar-refractivity contribution in [3.05, 3.63) is 64.7 Å². The lowest BCUT2D eigenvalue weighted by atomic mass is 9.80. The average molecular weight is 518 g/mol. The van der Waals surface area contributed by atoms with Crippen molar-refractivity contribution < 1.29 is 38.8 Å². The van der Waals surface area contributed by atoms with Crippen molar-refractivity contribution in [2.45, 2.75) is 46.9 Å². The van der Waals surface area contributed by atoms with Crippen LogP contribution in [0.2, 0.25) is 5.02 Å². The van der Waals surface area contributed by atoms with Gasteiger partial charge < -0.3 is 0 Å². The summed E-state index contributed by atoms with van der Waals surface area (Å²) in [5.41, 5.74) is -6.00. The summed E-state index contributed by atoms with van der Waals surface area (Å²) in [5, 5.41) is 0.236. The molecule has 0 aromatic heterocycles. The Morgan fingerprint density at radius 2 is 1.50 bits per heavy atom. The molecule has 0 radical (unpaired) electrons. The van der Waals surface area contributed by atoms with E-state index in [1.165, 1.54) is 29.0 Å². The number of halogens is 6. The van der Waals surface area contributed by atoms with Gasteiger partial charge in [0.1, 0.15) is 16.4 Å². The first-order valence-corrected chi connectivity index (χ1v) is 12.6. The average Bonchev–Trinajstić information content (AvgIpc) is 2.69. The van der Waals surface area contributed by atoms with Gasteiger partial charge in [0, 0.05) is 16.6 Å². The molecule has 32 heavy (non-hydrogen) atoms. The lowest BCUT2D eigenvalue weighted by molar-refractivity contribution is -0.0452. The fraction of sp³-hybridized carbons (Fsp3) is 0.368. The van der Waals surface area contributed by atoms with Crippen molar-refractivity contribution in [2.24, 2.45) is 0 Å². The standard InChI is InChI=1S/C19H17ClF5NO4S2/c20-12-1-4-15(5-2-12)31(27,28)18(16-11-13(21)3-6-17(16)22)9-7-14(8-10-18)26-32(29,30)19(23,24)25/h1-6,11,14,26H,7-10H2/t14-,18-. The maximum atomic E-state index is 14.7. The van der Waals surface area contributed by atoms with Gasteiger partial charge in [-0.05, 0) is 68.1 Å². The summed E-state index contributed by atoms with van der Waals surface area (Å²) in [6.45, 7) is 0. The van der Waals surface area contributed by atoms with Crippen molar-refractivity contribution >= 4 is 31.5 Å². The van der Waals surface area contributed by atoms with Crippen LogP contribution in [0.5, 0.6) is 0 Å². The van der Waals surface area contributed by atoms with E-state index in [0.29, 0.717) is 0 Å². The van der Waals surface area contributed by atoms with Gasteiger partial charge in [-0.1, -0.05) is 11.6 Å². The van der Waals surface area contributed by atoms with Crippen molar-refractivity contribution in [3.63, 3.8) is 0 Å². The monoisotopic (exact) mass is 517 g/mol. The molecule has 0 heterocycles. The second kappa shape index (κ2) is 8.54.